The highest BCUT2D eigenvalue weighted by atomic mass is 32.2. The molecule has 1 aromatic heterocycles. The lowest BCUT2D eigenvalue weighted by molar-refractivity contribution is -0.139. The largest absolute Gasteiger partial charge is 0.488 e. The zero-order valence-corrected chi connectivity index (χ0v) is 22.5. The number of hydrogen-bond donors (Lipinski definition) is 1. The van der Waals surface area contributed by atoms with Crippen LogP contribution in [-0.2, 0) is 27.1 Å². The summed E-state index contributed by atoms with van der Waals surface area (Å²) in [5.41, 5.74) is -2.50. The van der Waals surface area contributed by atoms with Crippen LogP contribution in [0.25, 0.3) is 11.1 Å². The number of carbonyl (C=O) groups excluding carboxylic acids is 1. The number of methoxy groups -OCH3 is 1. The SMILES string of the molecule is COC(=O)c1sc(C(F)(F)F)c(-c2ccccc2)c1S(=O)(=O)Nc1ccc(C(F)(F)F)c(OC2CCN(C)C2)c1. The predicted octanol–water partition coefficient (Wildman–Crippen LogP) is 6.12. The molecule has 0 radical (unpaired) electrons. The molecule has 1 saturated heterocycles. The van der Waals surface area contributed by atoms with Gasteiger partial charge in [-0.3, -0.25) is 4.72 Å². The normalized spacial score (nSPS) is 16.6. The van der Waals surface area contributed by atoms with Crippen LogP contribution in [0.3, 0.4) is 0 Å². The summed E-state index contributed by atoms with van der Waals surface area (Å²) >= 11 is -0.108. The number of esters is 1. The number of likely N-dealkylation sites (N-methyl/N-ethyl adjacent to an activating group) is 1. The van der Waals surface area contributed by atoms with E-state index < -0.39 is 71.7 Å². The number of likely N-dealkylation sites (tertiary alicyclic amines) is 1. The van der Waals surface area contributed by atoms with E-state index in [9.17, 15) is 39.6 Å². The van der Waals surface area contributed by atoms with Crippen LogP contribution in [0.1, 0.15) is 26.5 Å². The standard InChI is InChI=1S/C25H22F6N2O5S2/c1-33-11-10-16(13-33)38-18-12-15(8-9-17(18)24(26,27)28)32-40(35,36)21-19(14-6-4-3-5-7-14)22(25(29,30)31)39-20(21)23(34)37-2/h3-9,12,16,32H,10-11,13H2,1-2H3. The first-order valence-corrected chi connectivity index (χ1v) is 13.9. The van der Waals surface area contributed by atoms with E-state index in [1.54, 1.807) is 7.05 Å². The van der Waals surface area contributed by atoms with Crippen molar-refractivity contribution in [3.05, 3.63) is 63.8 Å². The number of sulfonamides is 1. The van der Waals surface area contributed by atoms with Crippen molar-refractivity contribution < 1.29 is 49.0 Å². The van der Waals surface area contributed by atoms with E-state index in [2.05, 4.69) is 4.74 Å². The van der Waals surface area contributed by atoms with Gasteiger partial charge in [-0.2, -0.15) is 26.3 Å². The number of carbonyl (C=O) groups is 1. The third kappa shape index (κ3) is 6.20. The maximum Gasteiger partial charge on any atom is 0.426 e. The molecule has 1 aliphatic rings. The Morgan fingerprint density at radius 1 is 1.05 bits per heavy atom. The predicted molar refractivity (Wildman–Crippen MR) is 135 cm³/mol. The number of anilines is 1. The smallest absolute Gasteiger partial charge is 0.426 e. The fourth-order valence-corrected chi connectivity index (χ4v) is 7.14. The maximum atomic E-state index is 14.1. The van der Waals surface area contributed by atoms with E-state index in [1.807, 2.05) is 9.62 Å². The topological polar surface area (TPSA) is 84.9 Å². The highest BCUT2D eigenvalue weighted by molar-refractivity contribution is 7.93. The number of hydrogen-bond acceptors (Lipinski definition) is 7. The first kappa shape index (κ1) is 29.7. The lowest BCUT2D eigenvalue weighted by atomic mass is 10.1. The summed E-state index contributed by atoms with van der Waals surface area (Å²) in [5, 5.41) is 0. The summed E-state index contributed by atoms with van der Waals surface area (Å²) in [7, 11) is -2.37. The zero-order valence-electron chi connectivity index (χ0n) is 20.9. The van der Waals surface area contributed by atoms with Crippen molar-refractivity contribution in [3.8, 4) is 16.9 Å². The molecule has 0 aliphatic carbocycles. The third-order valence-corrected chi connectivity index (χ3v) is 8.80. The number of nitrogens with zero attached hydrogens (tertiary/aromatic N) is 1. The summed E-state index contributed by atoms with van der Waals surface area (Å²) in [6.45, 7) is 0.919. The number of benzene rings is 2. The summed E-state index contributed by atoms with van der Waals surface area (Å²) in [5.74, 6) is -1.98. The number of halogens is 6. The van der Waals surface area contributed by atoms with Gasteiger partial charge in [0.1, 0.15) is 26.5 Å². The second-order valence-electron chi connectivity index (χ2n) is 8.92. The Bertz CT molecular complexity index is 1500. The minimum atomic E-state index is -5.05. The highest BCUT2D eigenvalue weighted by Crippen LogP contribution is 2.48. The quantitative estimate of drug-likeness (QED) is 0.257. The van der Waals surface area contributed by atoms with Gasteiger partial charge < -0.3 is 14.4 Å². The van der Waals surface area contributed by atoms with E-state index in [-0.39, 0.29) is 16.9 Å². The molecule has 7 nitrogen and oxygen atoms in total. The molecule has 1 atom stereocenters. The number of nitrogens with one attached hydrogen (secondary N) is 1. The molecule has 3 aromatic rings. The fraction of sp³-hybridized carbons (Fsp3) is 0.320. The molecular formula is C25H22F6N2O5S2. The van der Waals surface area contributed by atoms with Crippen molar-refractivity contribution in [2.75, 3.05) is 32.0 Å². The van der Waals surface area contributed by atoms with Gasteiger partial charge in [-0.25, -0.2) is 13.2 Å². The molecule has 1 aliphatic heterocycles. The van der Waals surface area contributed by atoms with E-state index in [1.165, 1.54) is 30.3 Å². The van der Waals surface area contributed by atoms with Crippen molar-refractivity contribution in [1.29, 1.82) is 0 Å². The fourth-order valence-electron chi connectivity index (χ4n) is 4.26. The minimum Gasteiger partial charge on any atom is -0.488 e. The molecule has 4 rings (SSSR count). The molecule has 0 saturated carbocycles. The van der Waals surface area contributed by atoms with Gasteiger partial charge >= 0.3 is 18.3 Å². The van der Waals surface area contributed by atoms with Gasteiger partial charge in [-0.1, -0.05) is 30.3 Å². The first-order chi connectivity index (χ1) is 18.6. The molecular weight excluding hydrogens is 586 g/mol. The number of alkyl halides is 6. The van der Waals surface area contributed by atoms with Crippen LogP contribution in [0.15, 0.2) is 53.4 Å². The molecule has 1 fully saturated rings. The van der Waals surface area contributed by atoms with Gasteiger partial charge in [-0.05, 0) is 31.2 Å². The highest BCUT2D eigenvalue weighted by Gasteiger charge is 2.43. The maximum absolute atomic E-state index is 14.1. The third-order valence-electron chi connectivity index (χ3n) is 6.00. The van der Waals surface area contributed by atoms with Crippen LogP contribution in [0.5, 0.6) is 5.75 Å². The van der Waals surface area contributed by atoms with Gasteiger partial charge in [0.25, 0.3) is 10.0 Å². The molecule has 0 bridgehead atoms. The molecule has 216 valence electrons. The van der Waals surface area contributed by atoms with Crippen LogP contribution in [0, 0.1) is 0 Å². The van der Waals surface area contributed by atoms with Crippen molar-refractivity contribution in [1.82, 2.24) is 4.90 Å². The van der Waals surface area contributed by atoms with Gasteiger partial charge in [0, 0.05) is 24.7 Å². The number of thiophene rings is 1. The first-order valence-electron chi connectivity index (χ1n) is 11.6. The Balaban J connectivity index is 1.85. The van der Waals surface area contributed by atoms with E-state index in [0.717, 1.165) is 19.2 Å². The molecule has 40 heavy (non-hydrogen) atoms. The second-order valence-corrected chi connectivity index (χ2v) is 11.6. The molecule has 1 unspecified atom stereocenters. The summed E-state index contributed by atoms with van der Waals surface area (Å²) in [6.07, 6.45) is -10.0. The van der Waals surface area contributed by atoms with Gasteiger partial charge in [0.05, 0.1) is 18.4 Å². The zero-order chi connectivity index (χ0) is 29.5. The molecule has 0 spiro atoms. The van der Waals surface area contributed by atoms with Crippen molar-refractivity contribution in [2.45, 2.75) is 29.8 Å². The van der Waals surface area contributed by atoms with Crippen molar-refractivity contribution in [3.63, 3.8) is 0 Å². The number of rotatable bonds is 7. The average molecular weight is 609 g/mol. The van der Waals surface area contributed by atoms with Crippen molar-refractivity contribution >= 4 is 33.0 Å². The van der Waals surface area contributed by atoms with Gasteiger partial charge in [0.15, 0.2) is 0 Å². The van der Waals surface area contributed by atoms with E-state index >= 15 is 0 Å². The minimum absolute atomic E-state index is 0.108. The Morgan fingerprint density at radius 2 is 1.73 bits per heavy atom. The molecule has 2 aromatic carbocycles. The molecule has 2 heterocycles. The van der Waals surface area contributed by atoms with Crippen LogP contribution >= 0.6 is 11.3 Å². The lowest BCUT2D eigenvalue weighted by Gasteiger charge is -2.20. The van der Waals surface area contributed by atoms with Crippen molar-refractivity contribution in [2.24, 2.45) is 0 Å². The Morgan fingerprint density at radius 3 is 2.27 bits per heavy atom. The van der Waals surface area contributed by atoms with Crippen LogP contribution in [0.2, 0.25) is 0 Å². The molecule has 15 heteroatoms. The number of ether oxygens (including phenoxy) is 2. The Hall–Kier alpha value is -3.30. The summed E-state index contributed by atoms with van der Waals surface area (Å²) in [4.78, 5) is 11.1. The van der Waals surface area contributed by atoms with Crippen LogP contribution < -0.4 is 9.46 Å². The Kier molecular flexibility index (Phi) is 8.11. The molecule has 1 N–H and O–H groups in total. The van der Waals surface area contributed by atoms with E-state index in [0.29, 0.717) is 25.6 Å². The van der Waals surface area contributed by atoms with E-state index in [4.69, 9.17) is 4.74 Å². The Labute approximate surface area is 229 Å². The van der Waals surface area contributed by atoms with Gasteiger partial charge in [0.2, 0.25) is 0 Å². The van der Waals surface area contributed by atoms with Crippen LogP contribution in [0.4, 0.5) is 32.0 Å². The second kappa shape index (κ2) is 10.9. The summed E-state index contributed by atoms with van der Waals surface area (Å²) in [6, 6.07) is 8.98. The molecule has 0 amide bonds. The lowest BCUT2D eigenvalue weighted by Crippen LogP contribution is -2.23. The van der Waals surface area contributed by atoms with Crippen LogP contribution in [-0.4, -0.2) is 52.6 Å². The summed E-state index contributed by atoms with van der Waals surface area (Å²) < 4.78 is 123. The van der Waals surface area contributed by atoms with Gasteiger partial charge in [-0.15, -0.1) is 11.3 Å². The monoisotopic (exact) mass is 608 g/mol. The average Bonchev–Trinajstić information content (AvgIpc) is 3.47.